The second-order valence-corrected chi connectivity index (χ2v) is 5.93. The Labute approximate surface area is 123 Å². The van der Waals surface area contributed by atoms with Crippen molar-refractivity contribution in [3.8, 4) is 0 Å². The molecule has 2 saturated heterocycles. The van der Waals surface area contributed by atoms with Gasteiger partial charge in [0.2, 0.25) is 0 Å². The fourth-order valence-corrected chi connectivity index (χ4v) is 3.00. The molecule has 5 heteroatoms. The van der Waals surface area contributed by atoms with Crippen molar-refractivity contribution in [2.45, 2.75) is 45.1 Å². The van der Waals surface area contributed by atoms with Crippen molar-refractivity contribution in [3.63, 3.8) is 0 Å². The second kappa shape index (κ2) is 8.47. The predicted octanol–water partition coefficient (Wildman–Crippen LogP) is 1.29. The SMILES string of the molecule is CC1CCCCN1CCCCN=C(N)N1CCOCC1. The fraction of sp³-hybridized carbons (Fsp3) is 0.933. The van der Waals surface area contributed by atoms with Crippen molar-refractivity contribution in [2.24, 2.45) is 10.7 Å². The minimum atomic E-state index is 0.694. The highest BCUT2D eigenvalue weighted by molar-refractivity contribution is 5.78. The highest BCUT2D eigenvalue weighted by Gasteiger charge is 2.17. The van der Waals surface area contributed by atoms with Crippen LogP contribution in [0.15, 0.2) is 4.99 Å². The van der Waals surface area contributed by atoms with E-state index in [1.807, 2.05) is 0 Å². The third-order valence-electron chi connectivity index (χ3n) is 4.40. The maximum absolute atomic E-state index is 6.01. The highest BCUT2D eigenvalue weighted by Crippen LogP contribution is 2.16. The number of hydrogen-bond acceptors (Lipinski definition) is 3. The Morgan fingerprint density at radius 1 is 1.20 bits per heavy atom. The monoisotopic (exact) mass is 282 g/mol. The first-order chi connectivity index (χ1) is 9.77. The molecule has 1 unspecified atom stereocenters. The van der Waals surface area contributed by atoms with Gasteiger partial charge in [-0.3, -0.25) is 4.99 Å². The van der Waals surface area contributed by atoms with Crippen molar-refractivity contribution >= 4 is 5.96 Å². The number of nitrogens with two attached hydrogens (primary N) is 1. The molecule has 2 fully saturated rings. The first-order valence-electron chi connectivity index (χ1n) is 8.14. The summed E-state index contributed by atoms with van der Waals surface area (Å²) in [5.41, 5.74) is 6.01. The molecule has 20 heavy (non-hydrogen) atoms. The number of unbranched alkanes of at least 4 members (excludes halogenated alkanes) is 1. The molecule has 0 spiro atoms. The normalized spacial score (nSPS) is 25.9. The summed E-state index contributed by atoms with van der Waals surface area (Å²) in [7, 11) is 0. The first kappa shape index (κ1) is 15.6. The zero-order chi connectivity index (χ0) is 14.2. The van der Waals surface area contributed by atoms with E-state index in [4.69, 9.17) is 10.5 Å². The van der Waals surface area contributed by atoms with Gasteiger partial charge in [0, 0.05) is 25.7 Å². The lowest BCUT2D eigenvalue weighted by Crippen LogP contribution is -2.44. The number of morpholine rings is 1. The van der Waals surface area contributed by atoms with Gasteiger partial charge < -0.3 is 20.3 Å². The molecular weight excluding hydrogens is 252 g/mol. The number of nitrogens with zero attached hydrogens (tertiary/aromatic N) is 3. The quantitative estimate of drug-likeness (QED) is 0.469. The van der Waals surface area contributed by atoms with Crippen LogP contribution in [-0.2, 0) is 4.74 Å². The van der Waals surface area contributed by atoms with Crippen LogP contribution in [0.25, 0.3) is 0 Å². The summed E-state index contributed by atoms with van der Waals surface area (Å²) in [6.07, 6.45) is 6.49. The van der Waals surface area contributed by atoms with Crippen LogP contribution in [0.5, 0.6) is 0 Å². The molecule has 0 aromatic carbocycles. The van der Waals surface area contributed by atoms with E-state index in [0.29, 0.717) is 5.96 Å². The summed E-state index contributed by atoms with van der Waals surface area (Å²) in [6.45, 7) is 8.99. The second-order valence-electron chi connectivity index (χ2n) is 5.93. The van der Waals surface area contributed by atoms with Gasteiger partial charge in [0.1, 0.15) is 0 Å². The average molecular weight is 282 g/mol. The van der Waals surface area contributed by atoms with E-state index in [-0.39, 0.29) is 0 Å². The van der Waals surface area contributed by atoms with E-state index < -0.39 is 0 Å². The van der Waals surface area contributed by atoms with Crippen LogP contribution in [0, 0.1) is 0 Å². The van der Waals surface area contributed by atoms with Gasteiger partial charge in [-0.1, -0.05) is 6.42 Å². The smallest absolute Gasteiger partial charge is 0.191 e. The summed E-state index contributed by atoms with van der Waals surface area (Å²) in [5.74, 6) is 0.694. The van der Waals surface area contributed by atoms with E-state index in [0.717, 1.165) is 45.3 Å². The summed E-state index contributed by atoms with van der Waals surface area (Å²) >= 11 is 0. The maximum Gasteiger partial charge on any atom is 0.191 e. The number of rotatable bonds is 5. The van der Waals surface area contributed by atoms with Crippen LogP contribution in [0.1, 0.15) is 39.0 Å². The first-order valence-corrected chi connectivity index (χ1v) is 8.14. The molecule has 0 aromatic rings. The molecule has 0 saturated carbocycles. The van der Waals surface area contributed by atoms with Crippen LogP contribution < -0.4 is 5.73 Å². The van der Waals surface area contributed by atoms with Crippen LogP contribution in [0.3, 0.4) is 0 Å². The van der Waals surface area contributed by atoms with Crippen molar-refractivity contribution < 1.29 is 4.74 Å². The molecule has 2 rings (SSSR count). The molecule has 116 valence electrons. The van der Waals surface area contributed by atoms with E-state index in [9.17, 15) is 0 Å². The molecule has 0 radical (unpaired) electrons. The fourth-order valence-electron chi connectivity index (χ4n) is 3.00. The van der Waals surface area contributed by atoms with Gasteiger partial charge in [-0.2, -0.15) is 0 Å². The Kier molecular flexibility index (Phi) is 6.60. The molecule has 5 nitrogen and oxygen atoms in total. The molecule has 1 atom stereocenters. The van der Waals surface area contributed by atoms with Gasteiger partial charge in [-0.05, 0) is 45.7 Å². The summed E-state index contributed by atoms with van der Waals surface area (Å²) in [5, 5.41) is 0. The molecule has 2 aliphatic heterocycles. The van der Waals surface area contributed by atoms with E-state index >= 15 is 0 Å². The van der Waals surface area contributed by atoms with E-state index in [1.54, 1.807) is 0 Å². The number of piperidine rings is 1. The third kappa shape index (κ3) is 4.94. The van der Waals surface area contributed by atoms with Crippen LogP contribution in [0.4, 0.5) is 0 Å². The van der Waals surface area contributed by atoms with Crippen molar-refractivity contribution in [3.05, 3.63) is 0 Å². The molecule has 0 bridgehead atoms. The van der Waals surface area contributed by atoms with Crippen LogP contribution >= 0.6 is 0 Å². The average Bonchev–Trinajstić information content (AvgIpc) is 2.49. The molecule has 0 amide bonds. The molecule has 0 aliphatic carbocycles. The maximum atomic E-state index is 6.01. The third-order valence-corrected chi connectivity index (χ3v) is 4.40. The lowest BCUT2D eigenvalue weighted by molar-refractivity contribution is 0.0674. The Morgan fingerprint density at radius 3 is 2.75 bits per heavy atom. The number of guanidine groups is 1. The Hall–Kier alpha value is -0.810. The molecular formula is C15H30N4O. The lowest BCUT2D eigenvalue weighted by Gasteiger charge is -2.33. The molecule has 0 aromatic heterocycles. The lowest BCUT2D eigenvalue weighted by atomic mass is 10.0. The molecule has 2 heterocycles. The van der Waals surface area contributed by atoms with Crippen molar-refractivity contribution in [1.82, 2.24) is 9.80 Å². The minimum absolute atomic E-state index is 0.694. The highest BCUT2D eigenvalue weighted by atomic mass is 16.5. The molecule has 2 aliphatic rings. The van der Waals surface area contributed by atoms with Gasteiger partial charge in [0.05, 0.1) is 13.2 Å². The van der Waals surface area contributed by atoms with E-state index in [2.05, 4.69) is 21.7 Å². The van der Waals surface area contributed by atoms with Gasteiger partial charge in [0.15, 0.2) is 5.96 Å². The summed E-state index contributed by atoms with van der Waals surface area (Å²) in [6, 6.07) is 0.769. The van der Waals surface area contributed by atoms with Crippen molar-refractivity contribution in [2.75, 3.05) is 45.9 Å². The Balaban J connectivity index is 1.58. The predicted molar refractivity (Wildman–Crippen MR) is 83.0 cm³/mol. The van der Waals surface area contributed by atoms with Crippen molar-refractivity contribution in [1.29, 1.82) is 0 Å². The number of likely N-dealkylation sites (tertiary alicyclic amines) is 1. The minimum Gasteiger partial charge on any atom is -0.378 e. The van der Waals surface area contributed by atoms with E-state index in [1.165, 1.54) is 38.8 Å². The zero-order valence-electron chi connectivity index (χ0n) is 12.9. The zero-order valence-corrected chi connectivity index (χ0v) is 12.9. The summed E-state index contributed by atoms with van der Waals surface area (Å²) < 4.78 is 5.31. The van der Waals surface area contributed by atoms with Gasteiger partial charge in [0.25, 0.3) is 0 Å². The van der Waals surface area contributed by atoms with Gasteiger partial charge >= 0.3 is 0 Å². The molecule has 2 N–H and O–H groups in total. The Bertz CT molecular complexity index is 302. The Morgan fingerprint density at radius 2 is 2.00 bits per heavy atom. The van der Waals surface area contributed by atoms with Crippen LogP contribution in [0.2, 0.25) is 0 Å². The number of hydrogen-bond donors (Lipinski definition) is 1. The summed E-state index contributed by atoms with van der Waals surface area (Å²) in [4.78, 5) is 9.24. The largest absolute Gasteiger partial charge is 0.378 e. The van der Waals surface area contributed by atoms with Crippen LogP contribution in [-0.4, -0.2) is 67.7 Å². The van der Waals surface area contributed by atoms with Gasteiger partial charge in [-0.15, -0.1) is 0 Å². The standard InChI is InChI=1S/C15H30N4O/c1-14-6-2-4-8-18(14)9-5-3-7-17-15(16)19-10-12-20-13-11-19/h14H,2-13H2,1H3,(H2,16,17). The topological polar surface area (TPSA) is 54.1 Å². The number of ether oxygens (including phenoxy) is 1. The van der Waals surface area contributed by atoms with Gasteiger partial charge in [-0.25, -0.2) is 0 Å². The number of aliphatic imine (C=N–C) groups is 1.